The van der Waals surface area contributed by atoms with Crippen LogP contribution in [-0.2, 0) is 31.9 Å². The number of amides is 1. The molecule has 1 saturated heterocycles. The molecule has 5 rings (SSSR count). The predicted octanol–water partition coefficient (Wildman–Crippen LogP) is 7.61. The highest BCUT2D eigenvalue weighted by molar-refractivity contribution is 5.93. The molecule has 0 spiro atoms. The largest absolute Gasteiger partial charge is 0.416 e. The maximum atomic E-state index is 13.3. The summed E-state index contributed by atoms with van der Waals surface area (Å²) in [6, 6.07) is 16.9. The maximum Gasteiger partial charge on any atom is 0.416 e. The van der Waals surface area contributed by atoms with Crippen molar-refractivity contribution in [2.24, 2.45) is 5.92 Å². The summed E-state index contributed by atoms with van der Waals surface area (Å²) >= 11 is 0. The lowest BCUT2D eigenvalue weighted by molar-refractivity contribution is -0.143. The van der Waals surface area contributed by atoms with Gasteiger partial charge in [-0.25, -0.2) is 5.48 Å². The first-order valence-corrected chi connectivity index (χ1v) is 13.9. The van der Waals surface area contributed by atoms with Gasteiger partial charge in [-0.15, -0.1) is 0 Å². The van der Waals surface area contributed by atoms with Gasteiger partial charge >= 0.3 is 12.4 Å². The van der Waals surface area contributed by atoms with Crippen molar-refractivity contribution in [2.75, 3.05) is 13.1 Å². The van der Waals surface area contributed by atoms with Gasteiger partial charge < -0.3 is 4.57 Å². The lowest BCUT2D eigenvalue weighted by Gasteiger charge is -2.33. The van der Waals surface area contributed by atoms with Gasteiger partial charge in [-0.1, -0.05) is 30.3 Å². The summed E-state index contributed by atoms with van der Waals surface area (Å²) < 4.78 is 82.0. The standard InChI is InChI=1S/C32H31F6N3O2/c1-20-28(16-21-6-8-24(9-7-21)30(42)39-43)27-4-2-3-5-29(27)41(20)19-22-10-12-40(13-11-22)18-23-14-25(31(33,34)35)17-26(15-23)32(36,37)38/h2-9,14-15,17,22,43H,10-13,16,18-19H2,1H3,(H,39,42). The number of nitrogens with one attached hydrogen (secondary N) is 1. The molecular weight excluding hydrogens is 572 g/mol. The van der Waals surface area contributed by atoms with Gasteiger partial charge in [-0.3, -0.25) is 14.9 Å². The normalized spacial score (nSPS) is 15.3. The van der Waals surface area contributed by atoms with Crippen LogP contribution in [0.2, 0.25) is 0 Å². The van der Waals surface area contributed by atoms with Crippen molar-refractivity contribution in [3.63, 3.8) is 0 Å². The Morgan fingerprint density at radius 2 is 1.49 bits per heavy atom. The molecule has 3 aromatic carbocycles. The van der Waals surface area contributed by atoms with E-state index in [9.17, 15) is 31.1 Å². The molecule has 0 atom stereocenters. The minimum absolute atomic E-state index is 0.00233. The van der Waals surface area contributed by atoms with Crippen LogP contribution in [0.15, 0.2) is 66.7 Å². The summed E-state index contributed by atoms with van der Waals surface area (Å²) in [5, 5.41) is 9.98. The molecule has 1 aliphatic heterocycles. The van der Waals surface area contributed by atoms with Gasteiger partial charge in [0.25, 0.3) is 5.91 Å². The van der Waals surface area contributed by atoms with E-state index in [4.69, 9.17) is 5.21 Å². The van der Waals surface area contributed by atoms with Crippen molar-refractivity contribution in [1.29, 1.82) is 0 Å². The first-order chi connectivity index (χ1) is 20.3. The Morgan fingerprint density at radius 1 is 0.884 bits per heavy atom. The number of piperidine rings is 1. The number of rotatable bonds is 7. The summed E-state index contributed by atoms with van der Waals surface area (Å²) in [5.74, 6) is -0.284. The van der Waals surface area contributed by atoms with Gasteiger partial charge in [0.1, 0.15) is 0 Å². The number of alkyl halides is 6. The van der Waals surface area contributed by atoms with Gasteiger partial charge in [0, 0.05) is 35.2 Å². The average Bonchev–Trinajstić information content (AvgIpc) is 3.23. The van der Waals surface area contributed by atoms with E-state index in [2.05, 4.69) is 23.6 Å². The fourth-order valence-electron chi connectivity index (χ4n) is 5.96. The van der Waals surface area contributed by atoms with Crippen molar-refractivity contribution >= 4 is 16.8 Å². The number of aromatic nitrogens is 1. The van der Waals surface area contributed by atoms with Crippen molar-refractivity contribution in [3.8, 4) is 0 Å². The van der Waals surface area contributed by atoms with Gasteiger partial charge in [-0.05, 0) is 98.3 Å². The van der Waals surface area contributed by atoms with Crippen molar-refractivity contribution in [3.05, 3.63) is 106 Å². The van der Waals surface area contributed by atoms with Crippen LogP contribution in [0.3, 0.4) is 0 Å². The van der Waals surface area contributed by atoms with Crippen LogP contribution in [0.1, 0.15) is 56.7 Å². The topological polar surface area (TPSA) is 57.5 Å². The molecule has 0 saturated carbocycles. The highest BCUT2D eigenvalue weighted by Gasteiger charge is 2.37. The van der Waals surface area contributed by atoms with Gasteiger partial charge in [0.2, 0.25) is 0 Å². The van der Waals surface area contributed by atoms with E-state index >= 15 is 0 Å². The predicted molar refractivity (Wildman–Crippen MR) is 150 cm³/mol. The average molecular weight is 604 g/mol. The number of carbonyl (C=O) groups is 1. The molecule has 228 valence electrons. The quantitative estimate of drug-likeness (QED) is 0.130. The molecule has 2 heterocycles. The maximum absolute atomic E-state index is 13.3. The monoisotopic (exact) mass is 603 g/mol. The summed E-state index contributed by atoms with van der Waals surface area (Å²) in [7, 11) is 0. The van der Waals surface area contributed by atoms with Crippen LogP contribution >= 0.6 is 0 Å². The molecular formula is C32H31F6N3O2. The Labute approximate surface area is 244 Å². The van der Waals surface area contributed by atoms with Crippen LogP contribution in [0, 0.1) is 12.8 Å². The number of benzene rings is 3. The van der Waals surface area contributed by atoms with Crippen LogP contribution < -0.4 is 5.48 Å². The first kappa shape index (κ1) is 30.6. The number of carbonyl (C=O) groups excluding carboxylic acids is 1. The number of likely N-dealkylation sites (tertiary alicyclic amines) is 1. The number of hydroxylamine groups is 1. The number of nitrogens with zero attached hydrogens (tertiary/aromatic N) is 2. The van der Waals surface area contributed by atoms with Crippen LogP contribution in [0.5, 0.6) is 0 Å². The number of hydrogen-bond donors (Lipinski definition) is 2. The summed E-state index contributed by atoms with van der Waals surface area (Å²) in [5.41, 5.74) is 3.79. The van der Waals surface area contributed by atoms with Gasteiger partial charge in [-0.2, -0.15) is 26.3 Å². The fraction of sp³-hybridized carbons (Fsp3) is 0.344. The van der Waals surface area contributed by atoms with E-state index in [1.165, 1.54) is 0 Å². The number of hydrogen-bond acceptors (Lipinski definition) is 3. The molecule has 1 amide bonds. The number of halogens is 6. The second-order valence-corrected chi connectivity index (χ2v) is 11.1. The third-order valence-corrected chi connectivity index (χ3v) is 8.26. The molecule has 1 aliphatic rings. The highest BCUT2D eigenvalue weighted by atomic mass is 19.4. The minimum Gasteiger partial charge on any atom is -0.344 e. The molecule has 2 N–H and O–H groups in total. The highest BCUT2D eigenvalue weighted by Crippen LogP contribution is 2.37. The molecule has 0 unspecified atom stereocenters. The number of fused-ring (bicyclic) bond motifs is 1. The number of para-hydroxylation sites is 1. The molecule has 0 radical (unpaired) electrons. The van der Waals surface area contributed by atoms with Crippen molar-refractivity contribution < 1.29 is 36.3 Å². The molecule has 5 nitrogen and oxygen atoms in total. The minimum atomic E-state index is -4.86. The van der Waals surface area contributed by atoms with Gasteiger partial charge in [0.15, 0.2) is 0 Å². The van der Waals surface area contributed by atoms with E-state index in [1.807, 2.05) is 29.2 Å². The summed E-state index contributed by atoms with van der Waals surface area (Å²) in [4.78, 5) is 13.6. The Morgan fingerprint density at radius 3 is 2.07 bits per heavy atom. The molecule has 1 aromatic heterocycles. The fourth-order valence-corrected chi connectivity index (χ4v) is 5.96. The van der Waals surface area contributed by atoms with Crippen LogP contribution in [0.4, 0.5) is 26.3 Å². The van der Waals surface area contributed by atoms with Gasteiger partial charge in [0.05, 0.1) is 11.1 Å². The Hall–Kier alpha value is -3.83. The van der Waals surface area contributed by atoms with Crippen molar-refractivity contribution in [2.45, 2.75) is 51.6 Å². The zero-order valence-corrected chi connectivity index (χ0v) is 23.4. The molecule has 0 aliphatic carbocycles. The molecule has 11 heteroatoms. The smallest absolute Gasteiger partial charge is 0.344 e. The van der Waals surface area contributed by atoms with E-state index < -0.39 is 29.4 Å². The van der Waals surface area contributed by atoms with Crippen LogP contribution in [-0.4, -0.2) is 33.7 Å². The second kappa shape index (κ2) is 12.0. The molecule has 4 aromatic rings. The Balaban J connectivity index is 1.29. The first-order valence-electron chi connectivity index (χ1n) is 13.9. The lowest BCUT2D eigenvalue weighted by atomic mass is 9.95. The van der Waals surface area contributed by atoms with E-state index in [-0.39, 0.29) is 18.2 Å². The third kappa shape index (κ3) is 6.88. The van der Waals surface area contributed by atoms with E-state index in [0.29, 0.717) is 31.0 Å². The molecule has 0 bridgehead atoms. The Bertz CT molecular complexity index is 1570. The van der Waals surface area contributed by atoms with E-state index in [0.717, 1.165) is 59.2 Å². The van der Waals surface area contributed by atoms with E-state index in [1.54, 1.807) is 17.6 Å². The molecule has 43 heavy (non-hydrogen) atoms. The molecule has 1 fully saturated rings. The van der Waals surface area contributed by atoms with Crippen molar-refractivity contribution in [1.82, 2.24) is 14.9 Å². The SMILES string of the molecule is Cc1c(Cc2ccc(C(=O)NO)cc2)c2ccccc2n1CC1CCN(Cc2cc(C(F)(F)F)cc(C(F)(F)F)c2)CC1. The zero-order valence-electron chi connectivity index (χ0n) is 23.4. The summed E-state index contributed by atoms with van der Waals surface area (Å²) in [6.45, 7) is 3.98. The Kier molecular flexibility index (Phi) is 8.58. The lowest BCUT2D eigenvalue weighted by Crippen LogP contribution is -2.34. The second-order valence-electron chi connectivity index (χ2n) is 11.1. The van der Waals surface area contributed by atoms with Crippen LogP contribution in [0.25, 0.3) is 10.9 Å². The zero-order chi connectivity index (χ0) is 30.9. The third-order valence-electron chi connectivity index (χ3n) is 8.26. The summed E-state index contributed by atoms with van der Waals surface area (Å²) in [6.07, 6.45) is -7.55.